The van der Waals surface area contributed by atoms with Gasteiger partial charge < -0.3 is 13.3 Å². The predicted molar refractivity (Wildman–Crippen MR) is 87.9 cm³/mol. The molecule has 0 aliphatic carbocycles. The smallest absolute Gasteiger partial charge is 0.374 e. The Kier molecular flexibility index (Phi) is 11.0. The topological polar surface area (TPSA) is 27.7 Å². The Morgan fingerprint density at radius 2 is 1.35 bits per heavy atom. The third kappa shape index (κ3) is 8.69. The molecule has 4 heteroatoms. The summed E-state index contributed by atoms with van der Waals surface area (Å²) in [7, 11) is -2.51. The van der Waals surface area contributed by atoms with Crippen molar-refractivity contribution < 1.29 is 13.3 Å². The van der Waals surface area contributed by atoms with Crippen molar-refractivity contribution >= 4 is 8.80 Å². The number of allylic oxidation sites excluding steroid dienone is 4. The molecule has 0 saturated carbocycles. The minimum absolute atomic E-state index is 0.636. The summed E-state index contributed by atoms with van der Waals surface area (Å²) in [6, 6.07) is 0.767. The lowest BCUT2D eigenvalue weighted by Gasteiger charge is -2.27. The molecular weight excluding hydrogens is 268 g/mol. The summed E-state index contributed by atoms with van der Waals surface area (Å²) in [5.41, 5.74) is 2.75. The molecule has 0 atom stereocenters. The maximum absolute atomic E-state index is 5.84. The average Bonchev–Trinajstić information content (AvgIpc) is 2.37. The first kappa shape index (κ1) is 19.6. The van der Waals surface area contributed by atoms with E-state index in [1.54, 1.807) is 0 Å². The Morgan fingerprint density at radius 3 is 1.75 bits per heavy atom. The van der Waals surface area contributed by atoms with Gasteiger partial charge in [-0.3, -0.25) is 0 Å². The molecule has 0 aromatic heterocycles. The van der Waals surface area contributed by atoms with Crippen LogP contribution >= 0.6 is 0 Å². The van der Waals surface area contributed by atoms with Crippen LogP contribution < -0.4 is 0 Å². The van der Waals surface area contributed by atoms with E-state index < -0.39 is 8.80 Å². The number of rotatable bonds is 11. The first-order chi connectivity index (χ1) is 9.49. The average molecular weight is 301 g/mol. The Hall–Kier alpha value is -0.423. The molecule has 0 fully saturated rings. The number of hydrogen-bond acceptors (Lipinski definition) is 3. The fraction of sp³-hybridized carbons (Fsp3) is 0.750. The molecule has 0 unspecified atom stereocenters. The third-order valence-corrected chi connectivity index (χ3v) is 5.77. The van der Waals surface area contributed by atoms with Gasteiger partial charge in [0, 0.05) is 25.9 Å². The van der Waals surface area contributed by atoms with Crippen molar-refractivity contribution in [3.8, 4) is 0 Å². The highest BCUT2D eigenvalue weighted by molar-refractivity contribution is 6.61. The highest BCUT2D eigenvalue weighted by atomic mass is 28.4. The maximum atomic E-state index is 5.84. The van der Waals surface area contributed by atoms with Gasteiger partial charge in [0.25, 0.3) is 0 Å². The van der Waals surface area contributed by atoms with E-state index in [0.717, 1.165) is 18.9 Å². The van der Waals surface area contributed by atoms with Gasteiger partial charge in [0.05, 0.1) is 0 Å². The van der Waals surface area contributed by atoms with Crippen molar-refractivity contribution in [3.63, 3.8) is 0 Å². The molecule has 0 rings (SSSR count). The van der Waals surface area contributed by atoms with Crippen molar-refractivity contribution in [2.75, 3.05) is 19.8 Å². The molecule has 0 aromatic carbocycles. The molecule has 0 amide bonds. The molecule has 0 bridgehead atoms. The van der Waals surface area contributed by atoms with Gasteiger partial charge in [0.1, 0.15) is 0 Å². The van der Waals surface area contributed by atoms with Crippen LogP contribution in [0.15, 0.2) is 23.3 Å². The molecule has 0 aromatic rings. The molecule has 0 heterocycles. The Balaban J connectivity index is 4.58. The number of hydrogen-bond donors (Lipinski definition) is 0. The van der Waals surface area contributed by atoms with Crippen LogP contribution in [0, 0.1) is 0 Å². The first-order valence-corrected chi connectivity index (χ1v) is 9.63. The van der Waals surface area contributed by atoms with E-state index >= 15 is 0 Å². The highest BCUT2D eigenvalue weighted by Crippen LogP contribution is 2.19. The van der Waals surface area contributed by atoms with Crippen LogP contribution in [0.5, 0.6) is 0 Å². The summed E-state index contributed by atoms with van der Waals surface area (Å²) < 4.78 is 17.5. The second-order valence-electron chi connectivity index (χ2n) is 5.06. The van der Waals surface area contributed by atoms with Crippen LogP contribution in [-0.4, -0.2) is 28.6 Å². The van der Waals surface area contributed by atoms with Crippen molar-refractivity contribution in [1.82, 2.24) is 0 Å². The monoisotopic (exact) mass is 300 g/mol. The van der Waals surface area contributed by atoms with Gasteiger partial charge in [0.15, 0.2) is 0 Å². The van der Waals surface area contributed by atoms with Gasteiger partial charge in [-0.05, 0) is 54.4 Å². The van der Waals surface area contributed by atoms with Gasteiger partial charge in [0.2, 0.25) is 0 Å². The lowest BCUT2D eigenvalue weighted by atomic mass is 10.1. The maximum Gasteiger partial charge on any atom is 0.504 e. The van der Waals surface area contributed by atoms with E-state index in [0.29, 0.717) is 19.8 Å². The van der Waals surface area contributed by atoms with Gasteiger partial charge in [-0.25, -0.2) is 0 Å². The minimum atomic E-state index is -2.51. The largest absolute Gasteiger partial charge is 0.504 e. The molecule has 20 heavy (non-hydrogen) atoms. The summed E-state index contributed by atoms with van der Waals surface area (Å²) in [4.78, 5) is 0. The van der Waals surface area contributed by atoms with Crippen molar-refractivity contribution in [2.45, 2.75) is 60.4 Å². The zero-order valence-corrected chi connectivity index (χ0v) is 15.1. The lowest BCUT2D eigenvalue weighted by Crippen LogP contribution is -2.45. The van der Waals surface area contributed by atoms with Gasteiger partial charge in [-0.15, -0.1) is 0 Å². The Labute approximate surface area is 126 Å². The van der Waals surface area contributed by atoms with Crippen LogP contribution in [0.25, 0.3) is 0 Å². The molecule has 0 N–H and O–H groups in total. The summed E-state index contributed by atoms with van der Waals surface area (Å²) in [5, 5.41) is 0. The van der Waals surface area contributed by atoms with E-state index in [9.17, 15) is 0 Å². The van der Waals surface area contributed by atoms with Crippen LogP contribution in [0.3, 0.4) is 0 Å². The second-order valence-corrected chi connectivity index (χ2v) is 7.70. The molecule has 0 aliphatic rings. The van der Waals surface area contributed by atoms with Crippen molar-refractivity contribution in [2.24, 2.45) is 0 Å². The first-order valence-electron chi connectivity index (χ1n) is 7.70. The predicted octanol–water partition coefficient (Wildman–Crippen LogP) is 4.73. The zero-order chi connectivity index (χ0) is 15.4. The third-order valence-electron chi connectivity index (χ3n) is 2.88. The molecule has 0 spiro atoms. The van der Waals surface area contributed by atoms with E-state index in [4.69, 9.17) is 13.3 Å². The fourth-order valence-electron chi connectivity index (χ4n) is 1.95. The van der Waals surface area contributed by atoms with E-state index in [2.05, 4.69) is 32.9 Å². The zero-order valence-electron chi connectivity index (χ0n) is 14.1. The minimum Gasteiger partial charge on any atom is -0.374 e. The standard InChI is InChI=1S/C16H32O3Si/c1-7-17-20(18-8-2,19-9-3)14-13-16(6)12-10-11-15(4)5/h11,13H,7-10,12,14H2,1-6H3. The van der Waals surface area contributed by atoms with Gasteiger partial charge in [-0.2, -0.15) is 0 Å². The quantitative estimate of drug-likeness (QED) is 0.408. The Morgan fingerprint density at radius 1 is 0.850 bits per heavy atom. The normalized spacial score (nSPS) is 12.6. The Bertz CT molecular complexity index is 290. The SMILES string of the molecule is CCO[Si](CC=C(C)CCC=C(C)C)(OCC)OCC. The molecule has 0 radical (unpaired) electrons. The van der Waals surface area contributed by atoms with E-state index in [1.807, 2.05) is 20.8 Å². The van der Waals surface area contributed by atoms with E-state index in [-0.39, 0.29) is 0 Å². The van der Waals surface area contributed by atoms with Crippen LogP contribution in [0.1, 0.15) is 54.4 Å². The van der Waals surface area contributed by atoms with E-state index in [1.165, 1.54) is 11.1 Å². The summed E-state index contributed by atoms with van der Waals surface area (Å²) in [6.45, 7) is 14.3. The summed E-state index contributed by atoms with van der Waals surface area (Å²) in [5.74, 6) is 0. The van der Waals surface area contributed by atoms with Crippen LogP contribution in [-0.2, 0) is 13.3 Å². The fourth-order valence-corrected chi connectivity index (χ4v) is 4.47. The highest BCUT2D eigenvalue weighted by Gasteiger charge is 2.39. The van der Waals surface area contributed by atoms with Crippen LogP contribution in [0.2, 0.25) is 6.04 Å². The molecule has 0 aliphatic heterocycles. The molecule has 118 valence electrons. The lowest BCUT2D eigenvalue weighted by molar-refractivity contribution is 0.0742. The molecular formula is C16H32O3Si. The van der Waals surface area contributed by atoms with Crippen molar-refractivity contribution in [3.05, 3.63) is 23.3 Å². The van der Waals surface area contributed by atoms with Crippen LogP contribution in [0.4, 0.5) is 0 Å². The van der Waals surface area contributed by atoms with Gasteiger partial charge >= 0.3 is 8.80 Å². The molecule has 3 nitrogen and oxygen atoms in total. The molecule has 0 saturated heterocycles. The van der Waals surface area contributed by atoms with Gasteiger partial charge in [-0.1, -0.05) is 23.3 Å². The summed E-state index contributed by atoms with van der Waals surface area (Å²) >= 11 is 0. The van der Waals surface area contributed by atoms with Crippen molar-refractivity contribution in [1.29, 1.82) is 0 Å². The summed E-state index contributed by atoms with van der Waals surface area (Å²) in [6.07, 6.45) is 6.68. The second kappa shape index (κ2) is 11.3.